The first kappa shape index (κ1) is 21.1. The maximum Gasteiger partial charge on any atom is 0.255 e. The molecule has 4 heteroatoms. The highest BCUT2D eigenvalue weighted by Crippen LogP contribution is 2.40. The Morgan fingerprint density at radius 3 is 2.52 bits per heavy atom. The Morgan fingerprint density at radius 1 is 1.03 bits per heavy atom. The Kier molecular flexibility index (Phi) is 6.66. The number of nitrogens with one attached hydrogen (secondary N) is 1. The molecule has 4 rings (SSSR count). The molecule has 1 atom stereocenters. The number of hydrogen-bond acceptors (Lipinski definition) is 2. The summed E-state index contributed by atoms with van der Waals surface area (Å²) in [7, 11) is 0. The average Bonchev–Trinajstić information content (AvgIpc) is 3.63. The fourth-order valence-corrected chi connectivity index (χ4v) is 4.08. The van der Waals surface area contributed by atoms with Crippen molar-refractivity contribution in [1.82, 2.24) is 5.32 Å². The summed E-state index contributed by atoms with van der Waals surface area (Å²) in [6, 6.07) is 22.2. The molecule has 0 aromatic heterocycles. The SMILES string of the molecule is O=C(NCC(CCCc1cc(C2CC2)ccc1F)c1ccccc1)c1ccccc1O. The van der Waals surface area contributed by atoms with Crippen LogP contribution in [0.1, 0.15) is 64.6 Å². The second-order valence-corrected chi connectivity index (χ2v) is 8.35. The normalized spacial score (nSPS) is 14.2. The lowest BCUT2D eigenvalue weighted by Crippen LogP contribution is -2.28. The lowest BCUT2D eigenvalue weighted by molar-refractivity contribution is 0.0948. The second-order valence-electron chi connectivity index (χ2n) is 8.35. The number of carbonyl (C=O) groups excluding carboxylic acids is 1. The highest BCUT2D eigenvalue weighted by atomic mass is 19.1. The molecule has 0 radical (unpaired) electrons. The van der Waals surface area contributed by atoms with Crippen LogP contribution in [0.25, 0.3) is 0 Å². The molecule has 160 valence electrons. The number of amides is 1. The summed E-state index contributed by atoms with van der Waals surface area (Å²) in [5, 5.41) is 12.9. The molecule has 0 spiro atoms. The smallest absolute Gasteiger partial charge is 0.255 e. The number of benzene rings is 3. The summed E-state index contributed by atoms with van der Waals surface area (Å²) in [6.45, 7) is 0.460. The van der Waals surface area contributed by atoms with E-state index in [0.717, 1.165) is 24.0 Å². The summed E-state index contributed by atoms with van der Waals surface area (Å²) in [5.74, 6) is 0.282. The minimum absolute atomic E-state index is 0.0257. The van der Waals surface area contributed by atoms with Gasteiger partial charge in [0.05, 0.1) is 5.56 Å². The molecular formula is C27H28FNO2. The topological polar surface area (TPSA) is 49.3 Å². The monoisotopic (exact) mass is 417 g/mol. The molecule has 3 aromatic carbocycles. The van der Waals surface area contributed by atoms with Crippen LogP contribution in [-0.2, 0) is 6.42 Å². The van der Waals surface area contributed by atoms with Crippen molar-refractivity contribution in [1.29, 1.82) is 0 Å². The van der Waals surface area contributed by atoms with Gasteiger partial charge in [0.2, 0.25) is 0 Å². The van der Waals surface area contributed by atoms with E-state index in [1.807, 2.05) is 30.3 Å². The number of rotatable bonds is 9. The van der Waals surface area contributed by atoms with Crippen molar-refractivity contribution in [3.8, 4) is 5.75 Å². The maximum absolute atomic E-state index is 14.3. The van der Waals surface area contributed by atoms with Crippen LogP contribution in [0.15, 0.2) is 72.8 Å². The first-order valence-electron chi connectivity index (χ1n) is 11.0. The lowest BCUT2D eigenvalue weighted by atomic mass is 9.92. The van der Waals surface area contributed by atoms with Gasteiger partial charge >= 0.3 is 0 Å². The van der Waals surface area contributed by atoms with Crippen molar-refractivity contribution in [3.05, 3.63) is 101 Å². The Morgan fingerprint density at radius 2 is 1.77 bits per heavy atom. The second kappa shape index (κ2) is 9.78. The van der Waals surface area contributed by atoms with Crippen molar-refractivity contribution in [2.75, 3.05) is 6.54 Å². The molecule has 0 saturated heterocycles. The molecule has 1 unspecified atom stereocenters. The molecule has 0 aliphatic heterocycles. The quantitative estimate of drug-likeness (QED) is 0.452. The Bertz CT molecular complexity index is 1030. The van der Waals surface area contributed by atoms with E-state index in [1.165, 1.54) is 24.5 Å². The van der Waals surface area contributed by atoms with Crippen LogP contribution in [0.2, 0.25) is 0 Å². The van der Waals surface area contributed by atoms with E-state index >= 15 is 0 Å². The number of hydrogen-bond donors (Lipinski definition) is 2. The third-order valence-electron chi connectivity index (χ3n) is 6.05. The maximum atomic E-state index is 14.3. The zero-order valence-electron chi connectivity index (χ0n) is 17.6. The Balaban J connectivity index is 1.40. The molecule has 1 aliphatic carbocycles. The van der Waals surface area contributed by atoms with E-state index in [1.54, 1.807) is 24.3 Å². The number of phenolic OH excluding ortho intramolecular Hbond substituents is 1. The van der Waals surface area contributed by atoms with E-state index < -0.39 is 0 Å². The zero-order chi connectivity index (χ0) is 21.6. The van der Waals surface area contributed by atoms with Crippen LogP contribution in [0.3, 0.4) is 0 Å². The van der Waals surface area contributed by atoms with Crippen molar-refractivity contribution < 1.29 is 14.3 Å². The van der Waals surface area contributed by atoms with Gasteiger partial charge in [0, 0.05) is 12.5 Å². The first-order chi connectivity index (χ1) is 15.1. The summed E-state index contributed by atoms with van der Waals surface area (Å²) >= 11 is 0. The van der Waals surface area contributed by atoms with E-state index in [0.29, 0.717) is 18.9 Å². The van der Waals surface area contributed by atoms with Crippen LogP contribution >= 0.6 is 0 Å². The molecule has 1 saturated carbocycles. The number of halogens is 1. The van der Waals surface area contributed by atoms with Gasteiger partial charge in [0.1, 0.15) is 11.6 Å². The Hall–Kier alpha value is -3.14. The van der Waals surface area contributed by atoms with E-state index in [4.69, 9.17) is 0 Å². The summed E-state index contributed by atoms with van der Waals surface area (Å²) in [5.41, 5.74) is 3.46. The predicted molar refractivity (Wildman–Crippen MR) is 121 cm³/mol. The molecule has 0 bridgehead atoms. The van der Waals surface area contributed by atoms with Gasteiger partial charge in [0.15, 0.2) is 0 Å². The van der Waals surface area contributed by atoms with E-state index in [9.17, 15) is 14.3 Å². The zero-order valence-corrected chi connectivity index (χ0v) is 17.6. The molecule has 3 aromatic rings. The van der Waals surface area contributed by atoms with Crippen LogP contribution in [-0.4, -0.2) is 17.6 Å². The fourth-order valence-electron chi connectivity index (χ4n) is 4.08. The van der Waals surface area contributed by atoms with Crippen molar-refractivity contribution in [2.45, 2.75) is 43.9 Å². The van der Waals surface area contributed by atoms with Crippen molar-refractivity contribution in [3.63, 3.8) is 0 Å². The first-order valence-corrected chi connectivity index (χ1v) is 11.0. The molecule has 1 fully saturated rings. The molecule has 31 heavy (non-hydrogen) atoms. The van der Waals surface area contributed by atoms with E-state index in [2.05, 4.69) is 17.4 Å². The van der Waals surface area contributed by atoms with Gasteiger partial charge in [-0.05, 0) is 72.9 Å². The summed E-state index contributed by atoms with van der Waals surface area (Å²) in [6.07, 6.45) is 4.76. The molecule has 0 heterocycles. The average molecular weight is 418 g/mol. The van der Waals surface area contributed by atoms with Gasteiger partial charge in [-0.25, -0.2) is 4.39 Å². The van der Waals surface area contributed by atoms with Crippen molar-refractivity contribution in [2.24, 2.45) is 0 Å². The molecular weight excluding hydrogens is 389 g/mol. The number of carbonyl (C=O) groups is 1. The molecule has 2 N–H and O–H groups in total. The Labute approximate surface area is 182 Å². The van der Waals surface area contributed by atoms with Crippen LogP contribution < -0.4 is 5.32 Å². The number of aromatic hydroxyl groups is 1. The van der Waals surface area contributed by atoms with Gasteiger partial charge in [-0.2, -0.15) is 0 Å². The third kappa shape index (κ3) is 5.52. The largest absolute Gasteiger partial charge is 0.507 e. The van der Waals surface area contributed by atoms with Crippen LogP contribution in [0.5, 0.6) is 5.75 Å². The molecule has 1 amide bonds. The minimum atomic E-state index is -0.290. The predicted octanol–water partition coefficient (Wildman–Crippen LogP) is 5.95. The number of para-hydroxylation sites is 1. The number of aryl methyl sites for hydroxylation is 1. The van der Waals surface area contributed by atoms with Gasteiger partial charge in [-0.3, -0.25) is 4.79 Å². The van der Waals surface area contributed by atoms with Gasteiger partial charge in [-0.15, -0.1) is 0 Å². The van der Waals surface area contributed by atoms with Gasteiger partial charge in [0.25, 0.3) is 5.91 Å². The summed E-state index contributed by atoms with van der Waals surface area (Å²) < 4.78 is 14.3. The van der Waals surface area contributed by atoms with Gasteiger partial charge < -0.3 is 10.4 Å². The highest BCUT2D eigenvalue weighted by molar-refractivity contribution is 5.96. The lowest BCUT2D eigenvalue weighted by Gasteiger charge is -2.19. The minimum Gasteiger partial charge on any atom is -0.507 e. The number of phenols is 1. The van der Waals surface area contributed by atoms with Crippen molar-refractivity contribution >= 4 is 5.91 Å². The molecule has 3 nitrogen and oxygen atoms in total. The highest BCUT2D eigenvalue weighted by Gasteiger charge is 2.24. The molecule has 1 aliphatic rings. The van der Waals surface area contributed by atoms with E-state index in [-0.39, 0.29) is 29.0 Å². The third-order valence-corrected chi connectivity index (χ3v) is 6.05. The fraction of sp³-hybridized carbons (Fsp3) is 0.296. The van der Waals surface area contributed by atoms with Crippen LogP contribution in [0.4, 0.5) is 4.39 Å². The standard InChI is InChI=1S/C27H28FNO2/c28-25-16-15-21(20-13-14-20)17-22(25)9-6-10-23(19-7-2-1-3-8-19)18-29-27(31)24-11-4-5-12-26(24)30/h1-5,7-8,11-12,15-17,20,23,30H,6,9-10,13-14,18H2,(H,29,31). The summed E-state index contributed by atoms with van der Waals surface area (Å²) in [4.78, 5) is 12.5. The van der Waals surface area contributed by atoms with Gasteiger partial charge in [-0.1, -0.05) is 54.6 Å². The van der Waals surface area contributed by atoms with Crippen LogP contribution in [0, 0.1) is 5.82 Å².